The van der Waals surface area contributed by atoms with Gasteiger partial charge < -0.3 is 20.1 Å². The van der Waals surface area contributed by atoms with Crippen LogP contribution in [0, 0.1) is 13.8 Å². The van der Waals surface area contributed by atoms with E-state index in [-0.39, 0.29) is 37.2 Å². The van der Waals surface area contributed by atoms with Gasteiger partial charge in [-0.3, -0.25) is 9.36 Å². The van der Waals surface area contributed by atoms with Crippen molar-refractivity contribution in [2.45, 2.75) is 45.9 Å². The number of hydrogen-bond acceptors (Lipinski definition) is 7. The summed E-state index contributed by atoms with van der Waals surface area (Å²) >= 11 is 0. The molecule has 4 aromatic rings. The quantitative estimate of drug-likeness (QED) is 0.136. The number of aromatic nitrogens is 2. The molecule has 0 bridgehead atoms. The monoisotopic (exact) mass is 585 g/mol. The number of aryl methyl sites for hydroxylation is 2. The molecule has 0 aliphatic heterocycles. The van der Waals surface area contributed by atoms with E-state index in [1.165, 1.54) is 46.2 Å². The molecule has 1 unspecified atom stereocenters. The second-order valence-electron chi connectivity index (χ2n) is 10.2. The molecular formula is C30H34F2N3O5P. The van der Waals surface area contributed by atoms with E-state index in [2.05, 4.69) is 39.3 Å². The van der Waals surface area contributed by atoms with Crippen molar-refractivity contribution in [2.75, 3.05) is 20.4 Å². The van der Waals surface area contributed by atoms with Gasteiger partial charge in [0.15, 0.2) is 12.0 Å². The Morgan fingerprint density at radius 1 is 1.07 bits per heavy atom. The van der Waals surface area contributed by atoms with Crippen molar-refractivity contribution >= 4 is 30.5 Å². The molecular weight excluding hydrogens is 551 g/mol. The summed E-state index contributed by atoms with van der Waals surface area (Å²) in [4.78, 5) is 17.8. The van der Waals surface area contributed by atoms with Gasteiger partial charge in [0, 0.05) is 5.56 Å². The Kier molecular flexibility index (Phi) is 8.92. The summed E-state index contributed by atoms with van der Waals surface area (Å²) in [5, 5.41) is 31.3. The van der Waals surface area contributed by atoms with E-state index < -0.39 is 18.8 Å². The van der Waals surface area contributed by atoms with E-state index in [4.69, 9.17) is 9.72 Å². The van der Waals surface area contributed by atoms with Crippen molar-refractivity contribution in [3.05, 3.63) is 71.0 Å². The predicted octanol–water partition coefficient (Wildman–Crippen LogP) is 5.06. The van der Waals surface area contributed by atoms with Crippen LogP contribution in [0.4, 0.5) is 8.78 Å². The van der Waals surface area contributed by atoms with Crippen LogP contribution >= 0.6 is 7.92 Å². The molecule has 0 aliphatic rings. The molecule has 3 aromatic carbocycles. The molecule has 0 radical (unpaired) electrons. The lowest BCUT2D eigenvalue weighted by Gasteiger charge is -2.33. The Morgan fingerprint density at radius 2 is 1.73 bits per heavy atom. The summed E-state index contributed by atoms with van der Waals surface area (Å²) < 4.78 is 33.4. The van der Waals surface area contributed by atoms with E-state index in [1.807, 2.05) is 12.1 Å². The summed E-state index contributed by atoms with van der Waals surface area (Å²) in [7, 11) is 0.977. The number of aliphatic hydroxyl groups is 3. The van der Waals surface area contributed by atoms with Crippen LogP contribution in [-0.4, -0.2) is 69.1 Å². The first kappa shape index (κ1) is 30.7. The molecule has 0 aliphatic carbocycles. The van der Waals surface area contributed by atoms with Gasteiger partial charge in [-0.15, -0.1) is 0 Å². The first-order valence-electron chi connectivity index (χ1n) is 13.0. The van der Waals surface area contributed by atoms with Gasteiger partial charge in [0.25, 0.3) is 0 Å². The fourth-order valence-electron chi connectivity index (χ4n) is 5.46. The molecule has 1 aromatic heterocycles. The molecule has 0 spiro atoms. The lowest BCUT2D eigenvalue weighted by Crippen LogP contribution is -2.48. The second kappa shape index (κ2) is 11.9. The van der Waals surface area contributed by atoms with Crippen LogP contribution < -0.4 is 10.0 Å². The second-order valence-corrected chi connectivity index (χ2v) is 12.4. The Labute approximate surface area is 238 Å². The number of imidazole rings is 1. The van der Waals surface area contributed by atoms with Gasteiger partial charge in [0.05, 0.1) is 17.1 Å². The van der Waals surface area contributed by atoms with Crippen LogP contribution in [0.2, 0.25) is 0 Å². The average Bonchev–Trinajstić information content (AvgIpc) is 3.25. The maximum atomic E-state index is 13.5. The van der Waals surface area contributed by atoms with Crippen molar-refractivity contribution in [3.63, 3.8) is 0 Å². The molecule has 0 amide bonds. The van der Waals surface area contributed by atoms with Gasteiger partial charge in [-0.05, 0) is 92.5 Å². The van der Waals surface area contributed by atoms with Crippen LogP contribution in [0.5, 0.6) is 5.75 Å². The summed E-state index contributed by atoms with van der Waals surface area (Å²) in [6, 6.07) is 13.1. The van der Waals surface area contributed by atoms with E-state index in [1.54, 1.807) is 13.0 Å². The van der Waals surface area contributed by atoms with Crippen molar-refractivity contribution in [1.29, 1.82) is 0 Å². The van der Waals surface area contributed by atoms with Gasteiger partial charge in [-0.25, -0.2) is 9.88 Å². The number of fused-ring (bicyclic) bond motifs is 1. The molecule has 3 N–H and O–H groups in total. The number of benzene rings is 3. The summed E-state index contributed by atoms with van der Waals surface area (Å²) in [6.07, 6.45) is -2.43. The van der Waals surface area contributed by atoms with Crippen LogP contribution in [-0.2, 0) is 0 Å². The number of rotatable bonds is 10. The van der Waals surface area contributed by atoms with Crippen LogP contribution in [0.1, 0.15) is 46.7 Å². The van der Waals surface area contributed by atoms with E-state index in [0.29, 0.717) is 17.3 Å². The van der Waals surface area contributed by atoms with Gasteiger partial charge >= 0.3 is 12.7 Å². The number of hydrogen-bond donors (Lipinski definition) is 3. The molecule has 8 nitrogen and oxygen atoms in total. The zero-order chi connectivity index (χ0) is 30.2. The lowest BCUT2D eigenvalue weighted by molar-refractivity contribution is -0.396. The number of aldehydes is 1. The highest BCUT2D eigenvalue weighted by Crippen LogP contribution is 2.38. The largest absolute Gasteiger partial charge is 0.433 e. The van der Waals surface area contributed by atoms with Crippen molar-refractivity contribution in [1.82, 2.24) is 14.5 Å². The first-order chi connectivity index (χ1) is 19.3. The standard InChI is InChI=1S/C30H34F2N3O5P/c1-7-23(34(4)30(37,38)39)28-33-22-12-11-19(21-13-17(2)27(41(5)6)18(3)14-21)15-24(22)35(28)26-20(16-36)9-8-10-25(26)40-29(31)32/h8-16,23,29,37-39H,7H2,1-6H3. The Hall–Kier alpha value is -3.27. The zero-order valence-electron chi connectivity index (χ0n) is 23.8. The van der Waals surface area contributed by atoms with Gasteiger partial charge in [-0.2, -0.15) is 8.78 Å². The minimum absolute atomic E-state index is 0.0223. The van der Waals surface area contributed by atoms with Gasteiger partial charge in [-0.1, -0.05) is 39.1 Å². The topological polar surface area (TPSA) is 108 Å². The predicted molar refractivity (Wildman–Crippen MR) is 157 cm³/mol. The molecule has 4 rings (SSSR count). The highest BCUT2D eigenvalue weighted by Gasteiger charge is 2.36. The molecule has 218 valence electrons. The third-order valence-electron chi connectivity index (χ3n) is 7.17. The normalized spacial score (nSPS) is 13.0. The van der Waals surface area contributed by atoms with Crippen LogP contribution in [0.3, 0.4) is 0 Å². The molecule has 1 atom stereocenters. The Bertz CT molecular complexity index is 1560. The molecule has 0 saturated heterocycles. The van der Waals surface area contributed by atoms with Crippen molar-refractivity contribution in [3.8, 4) is 22.6 Å². The number of carbonyl (C=O) groups is 1. The van der Waals surface area contributed by atoms with Crippen molar-refractivity contribution < 1.29 is 33.6 Å². The fourth-order valence-corrected chi connectivity index (χ4v) is 7.00. The molecule has 41 heavy (non-hydrogen) atoms. The minimum Gasteiger partial charge on any atom is -0.433 e. The number of alkyl halides is 2. The van der Waals surface area contributed by atoms with E-state index in [0.717, 1.165) is 16.0 Å². The highest BCUT2D eigenvalue weighted by molar-refractivity contribution is 7.64. The number of carbonyl (C=O) groups excluding carboxylic acids is 1. The summed E-state index contributed by atoms with van der Waals surface area (Å²) in [5.74, 6) is -0.0750. The summed E-state index contributed by atoms with van der Waals surface area (Å²) in [5.41, 5.74) is 5.15. The third kappa shape index (κ3) is 6.03. The lowest BCUT2D eigenvalue weighted by atomic mass is 10.00. The average molecular weight is 586 g/mol. The highest BCUT2D eigenvalue weighted by atomic mass is 31.1. The maximum Gasteiger partial charge on any atom is 0.387 e. The van der Waals surface area contributed by atoms with E-state index in [9.17, 15) is 28.9 Å². The van der Waals surface area contributed by atoms with E-state index >= 15 is 0 Å². The zero-order valence-corrected chi connectivity index (χ0v) is 24.7. The van der Waals surface area contributed by atoms with Crippen LogP contribution in [0.25, 0.3) is 27.8 Å². The molecule has 1 heterocycles. The number of para-hydroxylation sites is 1. The fraction of sp³-hybridized carbons (Fsp3) is 0.333. The van der Waals surface area contributed by atoms with Crippen LogP contribution in [0.15, 0.2) is 48.5 Å². The Balaban J connectivity index is 2.08. The molecule has 11 heteroatoms. The third-order valence-corrected chi connectivity index (χ3v) is 8.77. The minimum atomic E-state index is -3.20. The summed E-state index contributed by atoms with van der Waals surface area (Å²) in [6.45, 7) is 7.16. The number of nitrogens with zero attached hydrogens (tertiary/aromatic N) is 3. The van der Waals surface area contributed by atoms with Crippen molar-refractivity contribution in [2.24, 2.45) is 0 Å². The number of ether oxygens (including phenoxy) is 1. The number of halogens is 2. The molecule has 0 saturated carbocycles. The smallest absolute Gasteiger partial charge is 0.387 e. The van der Waals surface area contributed by atoms with Gasteiger partial charge in [0.1, 0.15) is 11.5 Å². The SMILES string of the molecule is CCC(c1nc2ccc(-c3cc(C)c(P(C)C)c(C)c3)cc2n1-c1c(C=O)cccc1OC(F)F)N(C)C(O)(O)O. The first-order valence-corrected chi connectivity index (χ1v) is 15.3. The molecule has 0 fully saturated rings. The van der Waals surface area contributed by atoms with Gasteiger partial charge in [0.2, 0.25) is 0 Å². The Morgan fingerprint density at radius 3 is 2.27 bits per heavy atom. The maximum absolute atomic E-state index is 13.5.